The van der Waals surface area contributed by atoms with Crippen molar-refractivity contribution in [1.82, 2.24) is 4.31 Å². The van der Waals surface area contributed by atoms with Gasteiger partial charge in [-0.25, -0.2) is 12.8 Å². The maximum Gasteiger partial charge on any atom is 0.243 e. The van der Waals surface area contributed by atoms with Crippen molar-refractivity contribution in [3.05, 3.63) is 24.0 Å². The van der Waals surface area contributed by atoms with E-state index in [2.05, 4.69) is 0 Å². The van der Waals surface area contributed by atoms with E-state index in [0.717, 1.165) is 23.2 Å². The highest BCUT2D eigenvalue weighted by molar-refractivity contribution is 7.89. The number of benzene rings is 1. The molecule has 1 aliphatic rings. The molecule has 0 atom stereocenters. The van der Waals surface area contributed by atoms with Crippen LogP contribution in [0.15, 0.2) is 23.1 Å². The first-order chi connectivity index (χ1) is 9.82. The Balaban J connectivity index is 2.40. The van der Waals surface area contributed by atoms with E-state index < -0.39 is 28.3 Å². The number of anilines is 1. The van der Waals surface area contributed by atoms with Crippen molar-refractivity contribution in [2.75, 3.05) is 12.3 Å². The Kier molecular flexibility index (Phi) is 4.48. The van der Waals surface area contributed by atoms with E-state index in [1.165, 1.54) is 12.1 Å². The molecule has 1 fully saturated rings. The van der Waals surface area contributed by atoms with Gasteiger partial charge in [0.15, 0.2) is 0 Å². The number of hydrogen-bond donors (Lipinski definition) is 2. The molecule has 0 unspecified atom stereocenters. The number of nitrogen functional groups attached to an aromatic ring is 1. The third-order valence-electron chi connectivity index (χ3n) is 3.62. The number of carbonyl (C=O) groups excluding carboxylic acids is 1. The SMILES string of the molecule is NC(=O)CN(C1CCCC1)S(=O)(=O)c1ccc(N)c(F)c1. The average molecular weight is 315 g/mol. The molecule has 1 aromatic rings. The maximum atomic E-state index is 13.5. The van der Waals surface area contributed by atoms with Gasteiger partial charge in [0.05, 0.1) is 17.1 Å². The Morgan fingerprint density at radius 2 is 1.95 bits per heavy atom. The number of nitrogens with zero attached hydrogens (tertiary/aromatic N) is 1. The van der Waals surface area contributed by atoms with Crippen LogP contribution in [0.2, 0.25) is 0 Å². The van der Waals surface area contributed by atoms with Crippen molar-refractivity contribution in [1.29, 1.82) is 0 Å². The van der Waals surface area contributed by atoms with Gasteiger partial charge in [-0.1, -0.05) is 12.8 Å². The molecule has 0 bridgehead atoms. The number of primary amides is 1. The summed E-state index contributed by atoms with van der Waals surface area (Å²) in [5.41, 5.74) is 10.4. The normalized spacial score (nSPS) is 16.5. The van der Waals surface area contributed by atoms with E-state index >= 15 is 0 Å². The van der Waals surface area contributed by atoms with Gasteiger partial charge in [-0.3, -0.25) is 4.79 Å². The molecule has 1 aliphatic carbocycles. The van der Waals surface area contributed by atoms with E-state index in [4.69, 9.17) is 11.5 Å². The highest BCUT2D eigenvalue weighted by atomic mass is 32.2. The van der Waals surface area contributed by atoms with Gasteiger partial charge >= 0.3 is 0 Å². The summed E-state index contributed by atoms with van der Waals surface area (Å²) in [6.45, 7) is -0.404. The predicted octanol–water partition coefficient (Wildman–Crippen LogP) is 0.826. The second-order valence-corrected chi connectivity index (χ2v) is 7.03. The lowest BCUT2D eigenvalue weighted by Gasteiger charge is -2.26. The Morgan fingerprint density at radius 3 is 2.48 bits per heavy atom. The first-order valence-corrected chi connectivity index (χ1v) is 8.11. The van der Waals surface area contributed by atoms with E-state index in [-0.39, 0.29) is 16.6 Å². The summed E-state index contributed by atoms with van der Waals surface area (Å²) in [4.78, 5) is 11.0. The molecule has 0 aliphatic heterocycles. The van der Waals surface area contributed by atoms with E-state index in [9.17, 15) is 17.6 Å². The third-order valence-corrected chi connectivity index (χ3v) is 5.52. The summed E-state index contributed by atoms with van der Waals surface area (Å²) in [7, 11) is -3.98. The third kappa shape index (κ3) is 3.33. The number of sulfonamides is 1. The highest BCUT2D eigenvalue weighted by Gasteiger charge is 2.34. The minimum Gasteiger partial charge on any atom is -0.396 e. The first kappa shape index (κ1) is 15.7. The fraction of sp³-hybridized carbons (Fsp3) is 0.462. The lowest BCUT2D eigenvalue weighted by Crippen LogP contribution is -2.44. The molecule has 0 aromatic heterocycles. The standard InChI is InChI=1S/C13H18FN3O3S/c14-11-7-10(5-6-12(11)15)21(19,20)17(8-13(16)18)9-3-1-2-4-9/h5-7,9H,1-4,8,15H2,(H2,16,18). The lowest BCUT2D eigenvalue weighted by molar-refractivity contribution is -0.118. The van der Waals surface area contributed by atoms with Crippen molar-refractivity contribution < 1.29 is 17.6 Å². The zero-order chi connectivity index (χ0) is 15.6. The fourth-order valence-corrected chi connectivity index (χ4v) is 4.22. The number of hydrogen-bond acceptors (Lipinski definition) is 4. The van der Waals surface area contributed by atoms with E-state index in [1.807, 2.05) is 0 Å². The number of halogens is 1. The number of amides is 1. The van der Waals surface area contributed by atoms with Crippen LogP contribution in [0.1, 0.15) is 25.7 Å². The summed E-state index contributed by atoms with van der Waals surface area (Å²) >= 11 is 0. The molecule has 6 nitrogen and oxygen atoms in total. The summed E-state index contributed by atoms with van der Waals surface area (Å²) in [5, 5.41) is 0. The van der Waals surface area contributed by atoms with Crippen LogP contribution in [0.25, 0.3) is 0 Å². The molecule has 21 heavy (non-hydrogen) atoms. The van der Waals surface area contributed by atoms with Gasteiger partial charge in [0.25, 0.3) is 0 Å². The second-order valence-electron chi connectivity index (χ2n) is 5.14. The zero-order valence-corrected chi connectivity index (χ0v) is 12.3. The van der Waals surface area contributed by atoms with Gasteiger partial charge in [-0.05, 0) is 31.0 Å². The minimum absolute atomic E-state index is 0.128. The van der Waals surface area contributed by atoms with Crippen LogP contribution in [-0.4, -0.2) is 31.2 Å². The van der Waals surface area contributed by atoms with Gasteiger partial charge in [0.1, 0.15) is 5.82 Å². The van der Waals surface area contributed by atoms with Crippen molar-refractivity contribution in [2.45, 2.75) is 36.6 Å². The molecule has 0 saturated heterocycles. The molecule has 0 radical (unpaired) electrons. The molecule has 116 valence electrons. The monoisotopic (exact) mass is 315 g/mol. The van der Waals surface area contributed by atoms with E-state index in [0.29, 0.717) is 12.8 Å². The Bertz CT molecular complexity index is 642. The van der Waals surface area contributed by atoms with Crippen molar-refractivity contribution in [3.8, 4) is 0 Å². The molecule has 4 N–H and O–H groups in total. The Labute approximate surface area is 123 Å². The molecule has 8 heteroatoms. The number of rotatable bonds is 5. The maximum absolute atomic E-state index is 13.5. The van der Waals surface area contributed by atoms with Crippen molar-refractivity contribution >= 4 is 21.6 Å². The summed E-state index contributed by atoms with van der Waals surface area (Å²) in [5.74, 6) is -1.54. The number of nitrogens with two attached hydrogens (primary N) is 2. The molecular weight excluding hydrogens is 297 g/mol. The van der Waals surface area contributed by atoms with Crippen LogP contribution in [0.3, 0.4) is 0 Å². The molecular formula is C13H18FN3O3S. The van der Waals surface area contributed by atoms with Crippen LogP contribution >= 0.6 is 0 Å². The Morgan fingerprint density at radius 1 is 1.33 bits per heavy atom. The molecule has 1 amide bonds. The molecule has 0 heterocycles. The lowest BCUT2D eigenvalue weighted by atomic mass is 10.2. The van der Waals surface area contributed by atoms with Crippen LogP contribution in [-0.2, 0) is 14.8 Å². The van der Waals surface area contributed by atoms with Gasteiger partial charge in [0, 0.05) is 6.04 Å². The fourth-order valence-electron chi connectivity index (χ4n) is 2.56. The van der Waals surface area contributed by atoms with E-state index in [1.54, 1.807) is 0 Å². The zero-order valence-electron chi connectivity index (χ0n) is 11.5. The molecule has 1 saturated carbocycles. The van der Waals surface area contributed by atoms with Gasteiger partial charge in [-0.2, -0.15) is 4.31 Å². The summed E-state index contributed by atoms with van der Waals surface area (Å²) in [6, 6.07) is 3.02. The topological polar surface area (TPSA) is 106 Å². The molecule has 1 aromatic carbocycles. The van der Waals surface area contributed by atoms with Crippen molar-refractivity contribution in [2.24, 2.45) is 5.73 Å². The van der Waals surface area contributed by atoms with Crippen molar-refractivity contribution in [3.63, 3.8) is 0 Å². The largest absolute Gasteiger partial charge is 0.396 e. The highest BCUT2D eigenvalue weighted by Crippen LogP contribution is 2.29. The van der Waals surface area contributed by atoms with Crippen LogP contribution < -0.4 is 11.5 Å². The van der Waals surface area contributed by atoms with Gasteiger partial charge in [0.2, 0.25) is 15.9 Å². The van der Waals surface area contributed by atoms with Crippen LogP contribution in [0.5, 0.6) is 0 Å². The number of carbonyl (C=O) groups is 1. The summed E-state index contributed by atoms with van der Waals surface area (Å²) in [6.07, 6.45) is 3.13. The summed E-state index contributed by atoms with van der Waals surface area (Å²) < 4.78 is 39.8. The van der Waals surface area contributed by atoms with Gasteiger partial charge in [-0.15, -0.1) is 0 Å². The second kappa shape index (κ2) is 5.98. The van der Waals surface area contributed by atoms with Crippen LogP contribution in [0, 0.1) is 5.82 Å². The predicted molar refractivity (Wildman–Crippen MR) is 76.2 cm³/mol. The molecule has 2 rings (SSSR count). The smallest absolute Gasteiger partial charge is 0.243 e. The van der Waals surface area contributed by atoms with Crippen LogP contribution in [0.4, 0.5) is 10.1 Å². The Hall–Kier alpha value is -1.67. The quantitative estimate of drug-likeness (QED) is 0.785. The van der Waals surface area contributed by atoms with Gasteiger partial charge < -0.3 is 11.5 Å². The first-order valence-electron chi connectivity index (χ1n) is 6.67. The molecule has 0 spiro atoms. The average Bonchev–Trinajstić information content (AvgIpc) is 2.92. The minimum atomic E-state index is -3.98.